The molecule has 4 nitrogen and oxygen atoms in total. The van der Waals surface area contributed by atoms with E-state index in [1.165, 1.54) is 0 Å². The van der Waals surface area contributed by atoms with Crippen molar-refractivity contribution >= 4 is 5.91 Å². The van der Waals surface area contributed by atoms with Gasteiger partial charge in [0.25, 0.3) is 5.91 Å². The van der Waals surface area contributed by atoms with E-state index in [-0.39, 0.29) is 23.5 Å². The highest BCUT2D eigenvalue weighted by atomic mass is 16.5. The Kier molecular flexibility index (Phi) is 2.55. The van der Waals surface area contributed by atoms with Gasteiger partial charge in [0, 0.05) is 13.2 Å². The zero-order valence-corrected chi connectivity index (χ0v) is 10.8. The Morgan fingerprint density at radius 1 is 1.56 bits per heavy atom. The van der Waals surface area contributed by atoms with Crippen molar-refractivity contribution in [3.8, 4) is 0 Å². The second-order valence-corrected chi connectivity index (χ2v) is 5.65. The van der Waals surface area contributed by atoms with Gasteiger partial charge in [-0.25, -0.2) is 0 Å². The van der Waals surface area contributed by atoms with Crippen molar-refractivity contribution in [1.29, 1.82) is 0 Å². The van der Waals surface area contributed by atoms with Gasteiger partial charge in [0.05, 0.1) is 5.54 Å². The standard InChI is InChI=1S/C12H22N2O2/c1-6-16-12(8(2)3)9-13-7-11(4,5)14(9)10(12)15/h8-9,13H,6-7H2,1-5H3/t9-,12+/m0/s1. The number of fused-ring (bicyclic) bond motifs is 1. The molecule has 1 amide bonds. The van der Waals surface area contributed by atoms with Crippen LogP contribution in [0.3, 0.4) is 0 Å². The number of carbonyl (C=O) groups is 1. The highest BCUT2D eigenvalue weighted by Gasteiger charge is 2.69. The molecule has 0 aromatic carbocycles. The van der Waals surface area contributed by atoms with Gasteiger partial charge in [0.15, 0.2) is 5.60 Å². The molecule has 0 radical (unpaired) electrons. The third-order valence-corrected chi connectivity index (χ3v) is 3.84. The van der Waals surface area contributed by atoms with Crippen LogP contribution in [0.25, 0.3) is 0 Å². The molecule has 2 aliphatic rings. The Hall–Kier alpha value is -0.610. The second kappa shape index (κ2) is 3.44. The molecule has 92 valence electrons. The molecule has 2 aliphatic heterocycles. The van der Waals surface area contributed by atoms with E-state index in [2.05, 4.69) is 33.0 Å². The van der Waals surface area contributed by atoms with E-state index in [9.17, 15) is 4.79 Å². The first-order valence-electron chi connectivity index (χ1n) is 6.09. The van der Waals surface area contributed by atoms with Gasteiger partial charge < -0.3 is 9.64 Å². The van der Waals surface area contributed by atoms with Crippen LogP contribution in [0.1, 0.15) is 34.6 Å². The minimum atomic E-state index is -0.636. The third-order valence-electron chi connectivity index (χ3n) is 3.84. The molecule has 1 N–H and O–H groups in total. The minimum Gasteiger partial charge on any atom is -0.362 e. The van der Waals surface area contributed by atoms with E-state index < -0.39 is 5.60 Å². The Bertz CT molecular complexity index is 314. The summed E-state index contributed by atoms with van der Waals surface area (Å²) in [5, 5.41) is 3.41. The molecule has 0 bridgehead atoms. The normalized spacial score (nSPS) is 36.5. The van der Waals surface area contributed by atoms with Gasteiger partial charge in [-0.3, -0.25) is 10.1 Å². The van der Waals surface area contributed by atoms with Crippen LogP contribution >= 0.6 is 0 Å². The van der Waals surface area contributed by atoms with Crippen molar-refractivity contribution in [1.82, 2.24) is 10.2 Å². The maximum absolute atomic E-state index is 12.4. The minimum absolute atomic E-state index is 0.0509. The van der Waals surface area contributed by atoms with Gasteiger partial charge in [-0.05, 0) is 26.7 Å². The highest BCUT2D eigenvalue weighted by molar-refractivity contribution is 5.94. The number of hydrogen-bond acceptors (Lipinski definition) is 3. The molecule has 16 heavy (non-hydrogen) atoms. The van der Waals surface area contributed by atoms with Crippen LogP contribution in [0.5, 0.6) is 0 Å². The summed E-state index contributed by atoms with van der Waals surface area (Å²) >= 11 is 0. The van der Waals surface area contributed by atoms with Crippen molar-refractivity contribution in [3.05, 3.63) is 0 Å². The molecule has 2 heterocycles. The molecule has 0 aromatic rings. The van der Waals surface area contributed by atoms with E-state index in [0.29, 0.717) is 6.61 Å². The lowest BCUT2D eigenvalue weighted by Gasteiger charge is -2.57. The summed E-state index contributed by atoms with van der Waals surface area (Å²) < 4.78 is 5.79. The number of hydrogen-bond donors (Lipinski definition) is 1. The first kappa shape index (κ1) is 11.9. The van der Waals surface area contributed by atoms with E-state index >= 15 is 0 Å². The molecule has 4 heteroatoms. The van der Waals surface area contributed by atoms with Crippen LogP contribution in [0.4, 0.5) is 0 Å². The molecule has 0 aliphatic carbocycles. The first-order chi connectivity index (χ1) is 7.38. The number of β-lactam (4-membered cyclic amide) rings is 1. The largest absolute Gasteiger partial charge is 0.362 e. The summed E-state index contributed by atoms with van der Waals surface area (Å²) in [7, 11) is 0. The molecule has 0 aromatic heterocycles. The van der Waals surface area contributed by atoms with Gasteiger partial charge in [-0.2, -0.15) is 0 Å². The predicted octanol–water partition coefficient (Wildman–Crippen LogP) is 0.968. The molecule has 2 saturated heterocycles. The zero-order valence-electron chi connectivity index (χ0n) is 10.8. The van der Waals surface area contributed by atoms with Crippen LogP contribution in [-0.4, -0.2) is 41.3 Å². The lowest BCUT2D eigenvalue weighted by atomic mass is 9.77. The molecule has 0 spiro atoms. The van der Waals surface area contributed by atoms with Gasteiger partial charge >= 0.3 is 0 Å². The maximum atomic E-state index is 12.4. The van der Waals surface area contributed by atoms with Crippen LogP contribution < -0.4 is 5.32 Å². The van der Waals surface area contributed by atoms with Crippen molar-refractivity contribution < 1.29 is 9.53 Å². The summed E-state index contributed by atoms with van der Waals surface area (Å²) in [6.07, 6.45) is 0.0509. The fourth-order valence-corrected chi connectivity index (χ4v) is 2.96. The van der Waals surface area contributed by atoms with Gasteiger partial charge in [0.1, 0.15) is 6.17 Å². The van der Waals surface area contributed by atoms with E-state index in [1.807, 2.05) is 11.8 Å². The maximum Gasteiger partial charge on any atom is 0.260 e. The van der Waals surface area contributed by atoms with E-state index in [0.717, 1.165) is 6.54 Å². The number of ether oxygens (including phenoxy) is 1. The molecular weight excluding hydrogens is 204 g/mol. The van der Waals surface area contributed by atoms with Crippen LogP contribution in [0, 0.1) is 5.92 Å². The van der Waals surface area contributed by atoms with E-state index in [1.54, 1.807) is 0 Å². The topological polar surface area (TPSA) is 41.6 Å². The number of rotatable bonds is 3. The molecule has 0 unspecified atom stereocenters. The predicted molar refractivity (Wildman–Crippen MR) is 61.9 cm³/mol. The SMILES string of the molecule is CCO[C@@]1(C(C)C)C(=O)N2[C@@H]1NCC2(C)C. The molecule has 2 atom stereocenters. The Balaban J connectivity index is 2.29. The quantitative estimate of drug-likeness (QED) is 0.729. The third kappa shape index (κ3) is 1.20. The van der Waals surface area contributed by atoms with Gasteiger partial charge in [0.2, 0.25) is 0 Å². The smallest absolute Gasteiger partial charge is 0.260 e. The van der Waals surface area contributed by atoms with Gasteiger partial charge in [-0.15, -0.1) is 0 Å². The van der Waals surface area contributed by atoms with Crippen molar-refractivity contribution in [3.63, 3.8) is 0 Å². The van der Waals surface area contributed by atoms with Crippen molar-refractivity contribution in [2.45, 2.75) is 51.9 Å². The summed E-state index contributed by atoms with van der Waals surface area (Å²) in [6, 6.07) is 0. The fourth-order valence-electron chi connectivity index (χ4n) is 2.96. The Labute approximate surface area is 97.3 Å². The van der Waals surface area contributed by atoms with Crippen LogP contribution in [0.2, 0.25) is 0 Å². The Morgan fingerprint density at radius 3 is 2.69 bits per heavy atom. The van der Waals surface area contributed by atoms with Crippen LogP contribution in [0.15, 0.2) is 0 Å². The lowest BCUT2D eigenvalue weighted by molar-refractivity contribution is -0.220. The van der Waals surface area contributed by atoms with Crippen molar-refractivity contribution in [2.24, 2.45) is 5.92 Å². The molecule has 2 fully saturated rings. The number of nitrogens with one attached hydrogen (secondary N) is 1. The van der Waals surface area contributed by atoms with Crippen LogP contribution in [-0.2, 0) is 9.53 Å². The van der Waals surface area contributed by atoms with Crippen molar-refractivity contribution in [2.75, 3.05) is 13.2 Å². The monoisotopic (exact) mass is 226 g/mol. The second-order valence-electron chi connectivity index (χ2n) is 5.65. The summed E-state index contributed by atoms with van der Waals surface area (Å²) in [6.45, 7) is 11.7. The summed E-state index contributed by atoms with van der Waals surface area (Å²) in [4.78, 5) is 14.3. The molecule has 2 rings (SSSR count). The summed E-state index contributed by atoms with van der Waals surface area (Å²) in [5.74, 6) is 0.340. The molecular formula is C12H22N2O2. The Morgan fingerprint density at radius 2 is 2.19 bits per heavy atom. The van der Waals surface area contributed by atoms with E-state index in [4.69, 9.17) is 4.74 Å². The summed E-state index contributed by atoms with van der Waals surface area (Å²) in [5.41, 5.74) is -0.722. The van der Waals surface area contributed by atoms with Gasteiger partial charge in [-0.1, -0.05) is 13.8 Å². The first-order valence-corrected chi connectivity index (χ1v) is 6.09. The highest BCUT2D eigenvalue weighted by Crippen LogP contribution is 2.46. The number of nitrogens with zero attached hydrogens (tertiary/aromatic N) is 1. The fraction of sp³-hybridized carbons (Fsp3) is 0.917. The average molecular weight is 226 g/mol. The average Bonchev–Trinajstić information content (AvgIpc) is 2.46. The molecule has 0 saturated carbocycles. The number of amides is 1. The zero-order chi connectivity index (χ0) is 12.1. The number of carbonyl (C=O) groups excluding carboxylic acids is 1. The lowest BCUT2D eigenvalue weighted by Crippen LogP contribution is -2.79.